The van der Waals surface area contributed by atoms with E-state index in [0.29, 0.717) is 5.69 Å². The number of aromatic carboxylic acids is 1. The van der Waals surface area contributed by atoms with E-state index in [1.165, 1.54) is 0 Å². The maximum atomic E-state index is 12.5. The zero-order valence-electron chi connectivity index (χ0n) is 10.6. The molecule has 0 aliphatic rings. The summed E-state index contributed by atoms with van der Waals surface area (Å²) in [7, 11) is -4.00. The number of anilines is 1. The average Bonchev–Trinajstić information content (AvgIpc) is 2.90. The third-order valence-corrected chi connectivity index (χ3v) is 4.59. The van der Waals surface area contributed by atoms with Gasteiger partial charge in [0.2, 0.25) is 0 Å². The van der Waals surface area contributed by atoms with Crippen LogP contribution in [0.4, 0.5) is 5.69 Å². The van der Waals surface area contributed by atoms with E-state index in [4.69, 9.17) is 5.11 Å². The van der Waals surface area contributed by atoms with Crippen molar-refractivity contribution in [3.8, 4) is 0 Å². The SMILES string of the molecule is CCN(c1ccccc1)S(=O)(=O)c1[nH]ncc1C(=O)O. The Hall–Kier alpha value is -2.35. The van der Waals surface area contributed by atoms with Gasteiger partial charge in [-0.2, -0.15) is 13.5 Å². The summed E-state index contributed by atoms with van der Waals surface area (Å²) in [6, 6.07) is 8.45. The molecular weight excluding hydrogens is 282 g/mol. The monoisotopic (exact) mass is 295 g/mol. The lowest BCUT2D eigenvalue weighted by atomic mass is 10.3. The highest BCUT2D eigenvalue weighted by Crippen LogP contribution is 2.23. The van der Waals surface area contributed by atoms with Crippen LogP contribution in [0, 0.1) is 0 Å². The third-order valence-electron chi connectivity index (χ3n) is 2.71. The van der Waals surface area contributed by atoms with Gasteiger partial charge in [-0.1, -0.05) is 18.2 Å². The molecule has 2 N–H and O–H groups in total. The van der Waals surface area contributed by atoms with Gasteiger partial charge < -0.3 is 5.11 Å². The minimum Gasteiger partial charge on any atom is -0.478 e. The van der Waals surface area contributed by atoms with Crippen LogP contribution in [0.5, 0.6) is 0 Å². The van der Waals surface area contributed by atoms with E-state index in [1.807, 2.05) is 0 Å². The second kappa shape index (κ2) is 5.33. The van der Waals surface area contributed by atoms with Gasteiger partial charge in [0.1, 0.15) is 5.56 Å². The molecule has 0 saturated carbocycles. The zero-order valence-corrected chi connectivity index (χ0v) is 11.5. The first kappa shape index (κ1) is 14.1. The molecule has 8 heteroatoms. The predicted molar refractivity (Wildman–Crippen MR) is 72.2 cm³/mol. The summed E-state index contributed by atoms with van der Waals surface area (Å²) >= 11 is 0. The number of hydrogen-bond acceptors (Lipinski definition) is 4. The molecule has 106 valence electrons. The van der Waals surface area contributed by atoms with Crippen LogP contribution < -0.4 is 4.31 Å². The van der Waals surface area contributed by atoms with Crippen molar-refractivity contribution < 1.29 is 18.3 Å². The van der Waals surface area contributed by atoms with E-state index in [-0.39, 0.29) is 12.1 Å². The van der Waals surface area contributed by atoms with Gasteiger partial charge in [-0.25, -0.2) is 4.79 Å². The Morgan fingerprint density at radius 1 is 1.35 bits per heavy atom. The van der Waals surface area contributed by atoms with Crippen molar-refractivity contribution >= 4 is 21.7 Å². The minimum atomic E-state index is -4.00. The lowest BCUT2D eigenvalue weighted by Crippen LogP contribution is -2.32. The van der Waals surface area contributed by atoms with E-state index >= 15 is 0 Å². The molecule has 0 atom stereocenters. The molecule has 1 aromatic carbocycles. The topological polar surface area (TPSA) is 103 Å². The van der Waals surface area contributed by atoms with Gasteiger partial charge in [-0.15, -0.1) is 0 Å². The average molecular weight is 295 g/mol. The fourth-order valence-electron chi connectivity index (χ4n) is 1.82. The Bertz CT molecular complexity index is 709. The van der Waals surface area contributed by atoms with Crippen molar-refractivity contribution in [2.24, 2.45) is 0 Å². The lowest BCUT2D eigenvalue weighted by Gasteiger charge is -2.22. The fraction of sp³-hybridized carbons (Fsp3) is 0.167. The number of carboxylic acid groups (broad SMARTS) is 1. The van der Waals surface area contributed by atoms with Crippen LogP contribution in [-0.2, 0) is 10.0 Å². The van der Waals surface area contributed by atoms with Crippen LogP contribution >= 0.6 is 0 Å². The van der Waals surface area contributed by atoms with Crippen LogP contribution in [0.25, 0.3) is 0 Å². The van der Waals surface area contributed by atoms with E-state index in [2.05, 4.69) is 10.2 Å². The van der Waals surface area contributed by atoms with E-state index < -0.39 is 21.0 Å². The molecule has 2 aromatic rings. The van der Waals surface area contributed by atoms with Crippen molar-refractivity contribution in [3.05, 3.63) is 42.1 Å². The number of aromatic amines is 1. The molecule has 0 amide bonds. The first-order chi connectivity index (χ1) is 9.48. The van der Waals surface area contributed by atoms with E-state index in [0.717, 1.165) is 10.5 Å². The maximum absolute atomic E-state index is 12.5. The number of nitrogens with zero attached hydrogens (tertiary/aromatic N) is 2. The molecule has 0 aliphatic heterocycles. The van der Waals surface area contributed by atoms with E-state index in [1.54, 1.807) is 37.3 Å². The minimum absolute atomic E-state index is 0.171. The number of H-pyrrole nitrogens is 1. The third kappa shape index (κ3) is 2.37. The van der Waals surface area contributed by atoms with Gasteiger partial charge in [0.05, 0.1) is 11.9 Å². The molecule has 7 nitrogen and oxygen atoms in total. The molecule has 0 radical (unpaired) electrons. The summed E-state index contributed by atoms with van der Waals surface area (Å²) in [5.74, 6) is -1.35. The number of aromatic nitrogens is 2. The Balaban J connectivity index is 2.53. The Morgan fingerprint density at radius 2 is 2.00 bits per heavy atom. The highest BCUT2D eigenvalue weighted by molar-refractivity contribution is 7.92. The summed E-state index contributed by atoms with van der Waals surface area (Å²) in [6.07, 6.45) is 0.980. The highest BCUT2D eigenvalue weighted by Gasteiger charge is 2.30. The van der Waals surface area contributed by atoms with Crippen LogP contribution in [-0.4, -0.2) is 36.2 Å². The second-order valence-electron chi connectivity index (χ2n) is 3.92. The van der Waals surface area contributed by atoms with Crippen LogP contribution in [0.1, 0.15) is 17.3 Å². The Morgan fingerprint density at radius 3 is 2.55 bits per heavy atom. The fourth-order valence-corrected chi connectivity index (χ4v) is 3.36. The van der Waals surface area contributed by atoms with Crippen LogP contribution in [0.2, 0.25) is 0 Å². The first-order valence-electron chi connectivity index (χ1n) is 5.83. The Kier molecular flexibility index (Phi) is 3.75. The molecule has 0 saturated heterocycles. The molecule has 1 aromatic heterocycles. The number of rotatable bonds is 5. The number of carboxylic acids is 1. The summed E-state index contributed by atoms with van der Waals surface area (Å²) in [6.45, 7) is 1.84. The second-order valence-corrected chi connectivity index (χ2v) is 5.72. The molecular formula is C12H13N3O4S. The van der Waals surface area contributed by atoms with Gasteiger partial charge in [0, 0.05) is 6.54 Å². The lowest BCUT2D eigenvalue weighted by molar-refractivity contribution is 0.0692. The molecule has 0 aliphatic carbocycles. The summed E-state index contributed by atoms with van der Waals surface area (Å²) in [5, 5.41) is 14.3. The van der Waals surface area contributed by atoms with Gasteiger partial charge in [0.25, 0.3) is 10.0 Å². The smallest absolute Gasteiger partial charge is 0.340 e. The van der Waals surface area contributed by atoms with Gasteiger partial charge >= 0.3 is 5.97 Å². The molecule has 0 spiro atoms. The van der Waals surface area contributed by atoms with Crippen molar-refractivity contribution in [2.45, 2.75) is 11.9 Å². The van der Waals surface area contributed by atoms with Gasteiger partial charge in [-0.05, 0) is 19.1 Å². The summed E-state index contributed by atoms with van der Waals surface area (Å²) in [4.78, 5) is 11.0. The molecule has 1 heterocycles. The molecule has 0 bridgehead atoms. The first-order valence-corrected chi connectivity index (χ1v) is 7.27. The number of benzene rings is 1. The van der Waals surface area contributed by atoms with Gasteiger partial charge in [0.15, 0.2) is 5.03 Å². The molecule has 0 fully saturated rings. The normalized spacial score (nSPS) is 11.2. The standard InChI is InChI=1S/C12H13N3O4S/c1-2-15(9-6-4-3-5-7-9)20(18,19)11-10(12(16)17)8-13-14-11/h3-8H,2H2,1H3,(H,13,14)(H,16,17). The summed E-state index contributed by atoms with van der Waals surface area (Å²) < 4.78 is 26.2. The van der Waals surface area contributed by atoms with Crippen molar-refractivity contribution in [3.63, 3.8) is 0 Å². The van der Waals surface area contributed by atoms with Crippen molar-refractivity contribution in [1.29, 1.82) is 0 Å². The number of carbonyl (C=O) groups is 1. The quantitative estimate of drug-likeness (QED) is 0.866. The maximum Gasteiger partial charge on any atom is 0.340 e. The highest BCUT2D eigenvalue weighted by atomic mass is 32.2. The number of sulfonamides is 1. The van der Waals surface area contributed by atoms with Crippen molar-refractivity contribution in [2.75, 3.05) is 10.8 Å². The van der Waals surface area contributed by atoms with Crippen molar-refractivity contribution in [1.82, 2.24) is 10.2 Å². The summed E-state index contributed by atoms with van der Waals surface area (Å²) in [5.41, 5.74) is 0.0836. The van der Waals surface area contributed by atoms with E-state index in [9.17, 15) is 13.2 Å². The van der Waals surface area contributed by atoms with Gasteiger partial charge in [-0.3, -0.25) is 9.40 Å². The van der Waals surface area contributed by atoms with Crippen LogP contribution in [0.15, 0.2) is 41.6 Å². The van der Waals surface area contributed by atoms with Crippen LogP contribution in [0.3, 0.4) is 0 Å². The Labute approximate surface area is 115 Å². The largest absolute Gasteiger partial charge is 0.478 e. The predicted octanol–water partition coefficient (Wildman–Crippen LogP) is 1.32. The molecule has 2 rings (SSSR count). The number of hydrogen-bond donors (Lipinski definition) is 2. The molecule has 0 unspecified atom stereocenters. The zero-order chi connectivity index (χ0) is 14.8. The number of nitrogens with one attached hydrogen (secondary N) is 1. The molecule has 20 heavy (non-hydrogen) atoms. The number of para-hydroxylation sites is 1.